The maximum Gasteiger partial charge on any atom is 0.416 e. The van der Waals surface area contributed by atoms with Gasteiger partial charge >= 0.3 is 6.18 Å². The van der Waals surface area contributed by atoms with Crippen LogP contribution in [0.25, 0.3) is 0 Å². The number of aromatic nitrogens is 1. The third-order valence-electron chi connectivity index (χ3n) is 3.69. The standard InChI is InChI=1S/C14H20F3N3/c1-10-7-12(14(15,16)17)8-13(19-10)20-6-2-3-11(9-20)4-5-18/h7-8,11H,2-6,9,18H2,1H3/t11-/m1/s1. The molecule has 20 heavy (non-hydrogen) atoms. The van der Waals surface area contributed by atoms with Crippen molar-refractivity contribution < 1.29 is 13.2 Å². The van der Waals surface area contributed by atoms with Crippen LogP contribution in [0, 0.1) is 12.8 Å². The Hall–Kier alpha value is -1.30. The second-order valence-electron chi connectivity index (χ2n) is 5.38. The lowest BCUT2D eigenvalue weighted by atomic mass is 9.95. The molecule has 0 aromatic carbocycles. The van der Waals surface area contributed by atoms with Crippen molar-refractivity contribution in [3.63, 3.8) is 0 Å². The molecule has 1 aromatic heterocycles. The van der Waals surface area contributed by atoms with Crippen LogP contribution < -0.4 is 10.6 Å². The number of halogens is 3. The maximum atomic E-state index is 12.8. The molecule has 0 spiro atoms. The highest BCUT2D eigenvalue weighted by Gasteiger charge is 2.32. The number of hydrogen-bond acceptors (Lipinski definition) is 3. The predicted octanol–water partition coefficient (Wildman–Crippen LogP) is 2.97. The van der Waals surface area contributed by atoms with Gasteiger partial charge in [-0.1, -0.05) is 0 Å². The molecule has 0 aliphatic carbocycles. The fraction of sp³-hybridized carbons (Fsp3) is 0.643. The zero-order valence-electron chi connectivity index (χ0n) is 11.6. The second-order valence-corrected chi connectivity index (χ2v) is 5.38. The van der Waals surface area contributed by atoms with Crippen LogP contribution in [-0.2, 0) is 6.18 Å². The van der Waals surface area contributed by atoms with E-state index >= 15 is 0 Å². The highest BCUT2D eigenvalue weighted by molar-refractivity contribution is 5.44. The summed E-state index contributed by atoms with van der Waals surface area (Å²) in [4.78, 5) is 6.21. The molecule has 1 aliphatic rings. The number of pyridine rings is 1. The number of piperidine rings is 1. The van der Waals surface area contributed by atoms with Gasteiger partial charge in [-0.05, 0) is 50.8 Å². The number of alkyl halides is 3. The molecule has 0 saturated carbocycles. The van der Waals surface area contributed by atoms with Gasteiger partial charge in [0.05, 0.1) is 5.56 Å². The molecule has 1 aliphatic heterocycles. The summed E-state index contributed by atoms with van der Waals surface area (Å²) in [7, 11) is 0. The molecule has 0 bridgehead atoms. The summed E-state index contributed by atoms with van der Waals surface area (Å²) in [6.07, 6.45) is -1.35. The molecule has 0 radical (unpaired) electrons. The molecule has 1 aromatic rings. The molecule has 3 nitrogen and oxygen atoms in total. The number of rotatable bonds is 3. The quantitative estimate of drug-likeness (QED) is 0.929. The van der Waals surface area contributed by atoms with Crippen LogP contribution in [0.3, 0.4) is 0 Å². The topological polar surface area (TPSA) is 42.1 Å². The maximum absolute atomic E-state index is 12.8. The number of aryl methyl sites for hydroxylation is 1. The summed E-state index contributed by atoms with van der Waals surface area (Å²) in [5.41, 5.74) is 5.34. The smallest absolute Gasteiger partial charge is 0.356 e. The molecular formula is C14H20F3N3. The van der Waals surface area contributed by atoms with E-state index in [2.05, 4.69) is 4.98 Å². The number of hydrogen-bond donors (Lipinski definition) is 1. The van der Waals surface area contributed by atoms with E-state index in [1.54, 1.807) is 6.92 Å². The van der Waals surface area contributed by atoms with Gasteiger partial charge in [0, 0.05) is 18.8 Å². The Balaban J connectivity index is 2.21. The summed E-state index contributed by atoms with van der Waals surface area (Å²) < 4.78 is 38.5. The van der Waals surface area contributed by atoms with Crippen LogP contribution in [0.4, 0.5) is 19.0 Å². The van der Waals surface area contributed by atoms with Crippen LogP contribution >= 0.6 is 0 Å². The summed E-state index contributed by atoms with van der Waals surface area (Å²) in [6, 6.07) is 2.24. The second kappa shape index (κ2) is 5.99. The minimum Gasteiger partial charge on any atom is -0.356 e. The molecule has 2 N–H and O–H groups in total. The largest absolute Gasteiger partial charge is 0.416 e. The van der Waals surface area contributed by atoms with Crippen LogP contribution in [0.2, 0.25) is 0 Å². The van der Waals surface area contributed by atoms with Gasteiger partial charge in [-0.2, -0.15) is 13.2 Å². The molecule has 1 atom stereocenters. The van der Waals surface area contributed by atoms with Crippen molar-refractivity contribution in [2.24, 2.45) is 11.7 Å². The van der Waals surface area contributed by atoms with E-state index in [4.69, 9.17) is 5.73 Å². The molecule has 112 valence electrons. The summed E-state index contributed by atoms with van der Waals surface area (Å²) in [5, 5.41) is 0. The first-order valence-electron chi connectivity index (χ1n) is 6.91. The zero-order chi connectivity index (χ0) is 14.8. The molecule has 2 heterocycles. The highest BCUT2D eigenvalue weighted by Crippen LogP contribution is 2.32. The molecule has 2 rings (SSSR count). The van der Waals surface area contributed by atoms with Gasteiger partial charge in [-0.15, -0.1) is 0 Å². The Morgan fingerprint density at radius 2 is 2.15 bits per heavy atom. The molecule has 0 amide bonds. The fourth-order valence-corrected chi connectivity index (χ4v) is 2.72. The van der Waals surface area contributed by atoms with Gasteiger partial charge in [0.1, 0.15) is 5.82 Å². The van der Waals surface area contributed by atoms with Crippen LogP contribution in [-0.4, -0.2) is 24.6 Å². The normalized spacial score (nSPS) is 20.2. The molecule has 1 saturated heterocycles. The van der Waals surface area contributed by atoms with Crippen molar-refractivity contribution in [2.45, 2.75) is 32.4 Å². The predicted molar refractivity (Wildman–Crippen MR) is 72.6 cm³/mol. The van der Waals surface area contributed by atoms with E-state index < -0.39 is 11.7 Å². The van der Waals surface area contributed by atoms with Gasteiger partial charge < -0.3 is 10.6 Å². The van der Waals surface area contributed by atoms with E-state index in [9.17, 15) is 13.2 Å². The van der Waals surface area contributed by atoms with Gasteiger partial charge in [0.2, 0.25) is 0 Å². The summed E-state index contributed by atoms with van der Waals surface area (Å²) >= 11 is 0. The van der Waals surface area contributed by atoms with E-state index in [1.165, 1.54) is 0 Å². The minimum atomic E-state index is -4.32. The summed E-state index contributed by atoms with van der Waals surface area (Å²) in [5.74, 6) is 0.879. The first-order valence-corrected chi connectivity index (χ1v) is 6.91. The number of nitrogens with two attached hydrogens (primary N) is 1. The van der Waals surface area contributed by atoms with Crippen molar-refractivity contribution in [2.75, 3.05) is 24.5 Å². The van der Waals surface area contributed by atoms with Crippen molar-refractivity contribution in [3.8, 4) is 0 Å². The van der Waals surface area contributed by atoms with Gasteiger partial charge in [-0.3, -0.25) is 0 Å². The lowest BCUT2D eigenvalue weighted by Crippen LogP contribution is -2.37. The lowest BCUT2D eigenvalue weighted by Gasteiger charge is -2.34. The van der Waals surface area contributed by atoms with Crippen molar-refractivity contribution in [3.05, 3.63) is 23.4 Å². The fourth-order valence-electron chi connectivity index (χ4n) is 2.72. The van der Waals surface area contributed by atoms with E-state index in [1.807, 2.05) is 4.90 Å². The van der Waals surface area contributed by atoms with E-state index in [0.29, 0.717) is 24.0 Å². The van der Waals surface area contributed by atoms with Gasteiger partial charge in [-0.25, -0.2) is 4.98 Å². The van der Waals surface area contributed by atoms with Crippen LogP contribution in [0.1, 0.15) is 30.5 Å². The molecule has 0 unspecified atom stereocenters. The third-order valence-corrected chi connectivity index (χ3v) is 3.69. The monoisotopic (exact) mass is 287 g/mol. The minimum absolute atomic E-state index is 0.399. The Bertz CT molecular complexity index is 457. The lowest BCUT2D eigenvalue weighted by molar-refractivity contribution is -0.137. The van der Waals surface area contributed by atoms with Crippen molar-refractivity contribution in [1.82, 2.24) is 4.98 Å². The SMILES string of the molecule is Cc1cc(C(F)(F)F)cc(N2CCC[C@H](CCN)C2)n1. The molecular weight excluding hydrogens is 267 g/mol. The average molecular weight is 287 g/mol. The molecule has 1 fully saturated rings. The Morgan fingerprint density at radius 3 is 2.80 bits per heavy atom. The van der Waals surface area contributed by atoms with Gasteiger partial charge in [0.25, 0.3) is 0 Å². The Morgan fingerprint density at radius 1 is 1.40 bits per heavy atom. The summed E-state index contributed by atoms with van der Waals surface area (Å²) in [6.45, 7) is 3.72. The first-order chi connectivity index (χ1) is 9.40. The zero-order valence-corrected chi connectivity index (χ0v) is 11.6. The van der Waals surface area contributed by atoms with Crippen LogP contribution in [0.15, 0.2) is 12.1 Å². The van der Waals surface area contributed by atoms with E-state index in [0.717, 1.165) is 44.5 Å². The number of anilines is 1. The Kier molecular flexibility index (Phi) is 4.52. The highest BCUT2D eigenvalue weighted by atomic mass is 19.4. The van der Waals surface area contributed by atoms with Crippen LogP contribution in [0.5, 0.6) is 0 Å². The van der Waals surface area contributed by atoms with E-state index in [-0.39, 0.29) is 0 Å². The Labute approximate surface area is 117 Å². The van der Waals surface area contributed by atoms with Gasteiger partial charge in [0.15, 0.2) is 0 Å². The first kappa shape index (κ1) is 15.1. The third kappa shape index (κ3) is 3.62. The van der Waals surface area contributed by atoms with Crippen molar-refractivity contribution >= 4 is 5.82 Å². The van der Waals surface area contributed by atoms with Crippen molar-refractivity contribution in [1.29, 1.82) is 0 Å². The number of nitrogens with zero attached hydrogens (tertiary/aromatic N) is 2. The molecule has 6 heteroatoms. The average Bonchev–Trinajstić information content (AvgIpc) is 2.38.